The number of hydrogen-bond acceptors (Lipinski definition) is 6. The highest BCUT2D eigenvalue weighted by molar-refractivity contribution is 6.31. The summed E-state index contributed by atoms with van der Waals surface area (Å²) in [7, 11) is 1.59. The number of benzene rings is 2. The van der Waals surface area contributed by atoms with Crippen LogP contribution in [0, 0.1) is 6.92 Å². The predicted octanol–water partition coefficient (Wildman–Crippen LogP) is 5.45. The molecule has 2 aromatic carbocycles. The van der Waals surface area contributed by atoms with Gasteiger partial charge < -0.3 is 15.4 Å². The molecule has 3 rings (SSSR count). The number of rotatable bonds is 6. The lowest BCUT2D eigenvalue weighted by Gasteiger charge is -2.17. The molecule has 0 aliphatic heterocycles. The van der Waals surface area contributed by atoms with Crippen LogP contribution in [-0.4, -0.2) is 22.3 Å². The first-order valence-corrected chi connectivity index (χ1v) is 9.02. The van der Waals surface area contributed by atoms with Crippen LogP contribution in [0.15, 0.2) is 42.6 Å². The molecule has 27 heavy (non-hydrogen) atoms. The van der Waals surface area contributed by atoms with E-state index in [0.717, 1.165) is 11.3 Å². The predicted molar refractivity (Wildman–Crippen MR) is 110 cm³/mol. The molecule has 0 bridgehead atoms. The number of anilines is 4. The van der Waals surface area contributed by atoms with Crippen LogP contribution in [0.2, 0.25) is 5.02 Å². The molecule has 1 aromatic heterocycles. The van der Waals surface area contributed by atoms with Gasteiger partial charge in [0.25, 0.3) is 0 Å². The van der Waals surface area contributed by atoms with Crippen LogP contribution in [0.5, 0.6) is 5.75 Å². The van der Waals surface area contributed by atoms with Crippen molar-refractivity contribution >= 4 is 34.7 Å². The van der Waals surface area contributed by atoms with E-state index in [9.17, 15) is 0 Å². The topological polar surface area (TPSA) is 72.0 Å². The smallest absolute Gasteiger partial charge is 0.249 e. The second kappa shape index (κ2) is 8.22. The Morgan fingerprint density at radius 3 is 2.67 bits per heavy atom. The molecular formula is C20H22ClN5O. The van der Waals surface area contributed by atoms with Gasteiger partial charge in [-0.25, -0.2) is 0 Å². The Hall–Kier alpha value is -2.86. The molecule has 7 heteroatoms. The van der Waals surface area contributed by atoms with Crippen molar-refractivity contribution in [1.29, 1.82) is 0 Å². The zero-order chi connectivity index (χ0) is 19.4. The van der Waals surface area contributed by atoms with E-state index in [1.54, 1.807) is 31.5 Å². The number of nitrogens with one attached hydrogen (secondary N) is 2. The first-order valence-electron chi connectivity index (χ1n) is 8.64. The fraction of sp³-hybridized carbons (Fsp3) is 0.250. The molecule has 6 nitrogen and oxygen atoms in total. The number of aromatic nitrogens is 3. The number of methoxy groups -OCH3 is 1. The molecule has 3 aromatic rings. The average Bonchev–Trinajstić information content (AvgIpc) is 2.64. The zero-order valence-corrected chi connectivity index (χ0v) is 16.5. The van der Waals surface area contributed by atoms with Crippen molar-refractivity contribution in [3.8, 4) is 5.75 Å². The standard InChI is InChI=1S/C20H22ClN5O/c1-12(2)15-7-5-6-13(3)19(15)24-18-11-22-26-20(25-18)23-16-10-14(21)8-9-17(16)27-4/h5-12H,1-4H3,(H2,23,24,25,26). The molecular weight excluding hydrogens is 362 g/mol. The summed E-state index contributed by atoms with van der Waals surface area (Å²) in [6.45, 7) is 6.39. The van der Waals surface area contributed by atoms with Crippen molar-refractivity contribution in [3.63, 3.8) is 0 Å². The van der Waals surface area contributed by atoms with Gasteiger partial charge in [0.2, 0.25) is 5.95 Å². The molecule has 0 saturated carbocycles. The number of aryl methyl sites for hydroxylation is 1. The fourth-order valence-electron chi connectivity index (χ4n) is 2.79. The van der Waals surface area contributed by atoms with Crippen molar-refractivity contribution in [2.24, 2.45) is 0 Å². The zero-order valence-electron chi connectivity index (χ0n) is 15.7. The maximum absolute atomic E-state index is 6.08. The summed E-state index contributed by atoms with van der Waals surface area (Å²) in [5, 5.41) is 15.2. The van der Waals surface area contributed by atoms with Gasteiger partial charge in [-0.05, 0) is 42.2 Å². The summed E-state index contributed by atoms with van der Waals surface area (Å²) >= 11 is 6.08. The third-order valence-corrected chi connectivity index (χ3v) is 4.38. The molecule has 0 unspecified atom stereocenters. The van der Waals surface area contributed by atoms with Gasteiger partial charge >= 0.3 is 0 Å². The minimum absolute atomic E-state index is 0.347. The molecule has 2 N–H and O–H groups in total. The van der Waals surface area contributed by atoms with Gasteiger partial charge in [-0.3, -0.25) is 0 Å². The van der Waals surface area contributed by atoms with Gasteiger partial charge in [0.05, 0.1) is 19.0 Å². The van der Waals surface area contributed by atoms with Crippen LogP contribution in [0.25, 0.3) is 0 Å². The van der Waals surface area contributed by atoms with Crippen LogP contribution in [0.4, 0.5) is 23.1 Å². The summed E-state index contributed by atoms with van der Waals surface area (Å²) in [5.74, 6) is 1.97. The van der Waals surface area contributed by atoms with Gasteiger partial charge in [-0.2, -0.15) is 10.1 Å². The van der Waals surface area contributed by atoms with Crippen molar-refractivity contribution in [3.05, 3.63) is 58.7 Å². The second-order valence-electron chi connectivity index (χ2n) is 6.45. The Morgan fingerprint density at radius 1 is 1.11 bits per heavy atom. The summed E-state index contributed by atoms with van der Waals surface area (Å²) in [5.41, 5.74) is 4.08. The number of hydrogen-bond donors (Lipinski definition) is 2. The summed E-state index contributed by atoms with van der Waals surface area (Å²) in [4.78, 5) is 4.52. The lowest BCUT2D eigenvalue weighted by molar-refractivity contribution is 0.417. The van der Waals surface area contributed by atoms with Gasteiger partial charge in [-0.15, -0.1) is 5.10 Å². The van der Waals surface area contributed by atoms with E-state index in [4.69, 9.17) is 16.3 Å². The summed E-state index contributed by atoms with van der Waals surface area (Å²) in [6, 6.07) is 11.5. The lowest BCUT2D eigenvalue weighted by atomic mass is 9.98. The van der Waals surface area contributed by atoms with Gasteiger partial charge in [-0.1, -0.05) is 43.6 Å². The van der Waals surface area contributed by atoms with Crippen molar-refractivity contribution < 1.29 is 4.74 Å². The Balaban J connectivity index is 1.89. The number of nitrogens with zero attached hydrogens (tertiary/aromatic N) is 3. The summed E-state index contributed by atoms with van der Waals surface area (Å²) < 4.78 is 5.34. The van der Waals surface area contributed by atoms with Gasteiger partial charge in [0, 0.05) is 10.7 Å². The van der Waals surface area contributed by atoms with E-state index < -0.39 is 0 Å². The van der Waals surface area contributed by atoms with Crippen LogP contribution < -0.4 is 15.4 Å². The van der Waals surface area contributed by atoms with E-state index in [-0.39, 0.29) is 0 Å². The minimum Gasteiger partial charge on any atom is -0.495 e. The summed E-state index contributed by atoms with van der Waals surface area (Å²) in [6.07, 6.45) is 1.59. The minimum atomic E-state index is 0.347. The number of ether oxygens (including phenoxy) is 1. The molecule has 1 heterocycles. The molecule has 0 radical (unpaired) electrons. The Labute approximate surface area is 164 Å². The first kappa shape index (κ1) is 18.9. The SMILES string of the molecule is COc1ccc(Cl)cc1Nc1nncc(Nc2c(C)cccc2C(C)C)n1. The monoisotopic (exact) mass is 383 g/mol. The van der Waals surface area contributed by atoms with Crippen LogP contribution in [-0.2, 0) is 0 Å². The number of halogens is 1. The Morgan fingerprint density at radius 2 is 1.93 bits per heavy atom. The molecule has 0 fully saturated rings. The van der Waals surface area contributed by atoms with E-state index in [0.29, 0.717) is 34.1 Å². The molecule has 0 atom stereocenters. The van der Waals surface area contributed by atoms with Crippen LogP contribution >= 0.6 is 11.6 Å². The van der Waals surface area contributed by atoms with Crippen molar-refractivity contribution in [2.75, 3.05) is 17.7 Å². The highest BCUT2D eigenvalue weighted by Gasteiger charge is 2.11. The van der Waals surface area contributed by atoms with Crippen LogP contribution in [0.3, 0.4) is 0 Å². The highest BCUT2D eigenvalue weighted by atomic mass is 35.5. The highest BCUT2D eigenvalue weighted by Crippen LogP contribution is 2.31. The maximum atomic E-state index is 6.08. The second-order valence-corrected chi connectivity index (χ2v) is 6.89. The van der Waals surface area contributed by atoms with Crippen molar-refractivity contribution in [2.45, 2.75) is 26.7 Å². The average molecular weight is 384 g/mol. The van der Waals surface area contributed by atoms with E-state index in [2.05, 4.69) is 64.8 Å². The molecule has 0 aliphatic rings. The third-order valence-electron chi connectivity index (χ3n) is 4.15. The molecule has 0 saturated heterocycles. The largest absolute Gasteiger partial charge is 0.495 e. The van der Waals surface area contributed by atoms with Crippen molar-refractivity contribution in [1.82, 2.24) is 15.2 Å². The molecule has 140 valence electrons. The van der Waals surface area contributed by atoms with E-state index in [1.807, 2.05) is 0 Å². The molecule has 0 aliphatic carbocycles. The van der Waals surface area contributed by atoms with Gasteiger partial charge in [0.15, 0.2) is 5.82 Å². The lowest BCUT2D eigenvalue weighted by Crippen LogP contribution is -2.05. The Kier molecular flexibility index (Phi) is 5.76. The normalized spacial score (nSPS) is 10.7. The Bertz CT molecular complexity index is 945. The first-order chi connectivity index (χ1) is 13.0. The third kappa shape index (κ3) is 4.46. The van der Waals surface area contributed by atoms with Crippen LogP contribution in [0.1, 0.15) is 30.9 Å². The maximum Gasteiger partial charge on any atom is 0.249 e. The molecule has 0 spiro atoms. The van der Waals surface area contributed by atoms with Gasteiger partial charge in [0.1, 0.15) is 5.75 Å². The molecule has 0 amide bonds. The van der Waals surface area contributed by atoms with E-state index in [1.165, 1.54) is 5.56 Å². The number of para-hydroxylation sites is 1. The van der Waals surface area contributed by atoms with E-state index >= 15 is 0 Å². The fourth-order valence-corrected chi connectivity index (χ4v) is 2.96. The quantitative estimate of drug-likeness (QED) is 0.589.